The van der Waals surface area contributed by atoms with Gasteiger partial charge in [-0.05, 0) is 43.2 Å². The topological polar surface area (TPSA) is 77.2 Å². The minimum absolute atomic E-state index is 0.0464. The summed E-state index contributed by atoms with van der Waals surface area (Å²) in [6.07, 6.45) is 3.48. The van der Waals surface area contributed by atoms with Crippen molar-refractivity contribution in [2.24, 2.45) is 7.05 Å². The number of aromatic nitrogens is 3. The predicted octanol–water partition coefficient (Wildman–Crippen LogP) is 3.73. The van der Waals surface area contributed by atoms with Gasteiger partial charge < -0.3 is 9.84 Å². The zero-order valence-electron chi connectivity index (χ0n) is 13.9. The second-order valence-corrected chi connectivity index (χ2v) is 5.64. The van der Waals surface area contributed by atoms with E-state index in [4.69, 9.17) is 4.74 Å². The van der Waals surface area contributed by atoms with E-state index in [1.54, 1.807) is 43.9 Å². The van der Waals surface area contributed by atoms with Crippen LogP contribution >= 0.6 is 0 Å². The van der Waals surface area contributed by atoms with E-state index in [1.807, 2.05) is 6.20 Å². The third-order valence-electron chi connectivity index (χ3n) is 3.88. The van der Waals surface area contributed by atoms with Crippen LogP contribution in [-0.4, -0.2) is 25.8 Å². The monoisotopic (exact) mass is 341 g/mol. The number of benzene rings is 1. The molecule has 1 N–H and O–H groups in total. The second kappa shape index (κ2) is 6.35. The Morgan fingerprint density at radius 3 is 2.52 bits per heavy atom. The lowest BCUT2D eigenvalue weighted by Crippen LogP contribution is -2.05. The molecule has 0 fully saturated rings. The fraction of sp³-hybridized carbons (Fsp3) is 0.167. The maximum Gasteiger partial charge on any atom is 0.339 e. The van der Waals surface area contributed by atoms with Gasteiger partial charge in [0.05, 0.1) is 11.9 Å². The lowest BCUT2D eigenvalue weighted by molar-refractivity contribution is 0.0693. The number of ether oxygens (including phenoxy) is 1. The number of carboxylic acid groups (broad SMARTS) is 1. The maximum absolute atomic E-state index is 13.1. The number of pyridine rings is 1. The first kappa shape index (κ1) is 16.6. The van der Waals surface area contributed by atoms with Crippen LogP contribution < -0.4 is 4.74 Å². The van der Waals surface area contributed by atoms with Gasteiger partial charge in [-0.25, -0.2) is 9.78 Å². The molecule has 0 atom stereocenters. The van der Waals surface area contributed by atoms with Gasteiger partial charge in [0.25, 0.3) is 0 Å². The summed E-state index contributed by atoms with van der Waals surface area (Å²) in [7, 11) is 1.79. The number of aromatic carboxylic acids is 1. The molecule has 1 aromatic carbocycles. The Balaban J connectivity index is 2.08. The van der Waals surface area contributed by atoms with Crippen LogP contribution in [0, 0.1) is 19.8 Å². The van der Waals surface area contributed by atoms with Crippen LogP contribution in [0.3, 0.4) is 0 Å². The second-order valence-electron chi connectivity index (χ2n) is 5.64. The van der Waals surface area contributed by atoms with Crippen molar-refractivity contribution < 1.29 is 19.0 Å². The fourth-order valence-electron chi connectivity index (χ4n) is 2.65. The highest BCUT2D eigenvalue weighted by molar-refractivity contribution is 5.95. The molecule has 0 aliphatic carbocycles. The molecule has 25 heavy (non-hydrogen) atoms. The highest BCUT2D eigenvalue weighted by atomic mass is 19.1. The Kier molecular flexibility index (Phi) is 4.22. The fourth-order valence-corrected chi connectivity index (χ4v) is 2.65. The summed E-state index contributed by atoms with van der Waals surface area (Å²) in [5.74, 6) is -1.25. The molecule has 3 rings (SSSR count). The highest BCUT2D eigenvalue weighted by Crippen LogP contribution is 2.34. The van der Waals surface area contributed by atoms with Crippen LogP contribution in [0.25, 0.3) is 11.1 Å². The molecule has 0 unspecified atom stereocenters. The Bertz CT molecular complexity index is 966. The van der Waals surface area contributed by atoms with Crippen LogP contribution in [0.5, 0.6) is 11.5 Å². The van der Waals surface area contributed by atoms with Crippen molar-refractivity contribution in [1.29, 1.82) is 0 Å². The minimum Gasteiger partial charge on any atom is -0.478 e. The molecule has 0 bridgehead atoms. The van der Waals surface area contributed by atoms with Gasteiger partial charge >= 0.3 is 5.97 Å². The van der Waals surface area contributed by atoms with E-state index in [-0.39, 0.29) is 11.3 Å². The summed E-state index contributed by atoms with van der Waals surface area (Å²) < 4.78 is 20.5. The first-order valence-electron chi connectivity index (χ1n) is 7.53. The molecule has 3 aromatic rings. The molecular formula is C18H16FN3O3. The molecule has 0 saturated carbocycles. The summed E-state index contributed by atoms with van der Waals surface area (Å²) in [5, 5.41) is 13.8. The number of aryl methyl sites for hydroxylation is 2. The molecule has 128 valence electrons. The number of halogens is 1. The largest absolute Gasteiger partial charge is 0.478 e. The van der Waals surface area contributed by atoms with Crippen LogP contribution in [0.2, 0.25) is 0 Å². The number of nitrogens with zero attached hydrogens (tertiary/aromatic N) is 3. The third-order valence-corrected chi connectivity index (χ3v) is 3.88. The number of carbonyl (C=O) groups is 1. The van der Waals surface area contributed by atoms with E-state index >= 15 is 0 Å². The van der Waals surface area contributed by atoms with Gasteiger partial charge in [0.2, 0.25) is 5.95 Å². The van der Waals surface area contributed by atoms with Crippen molar-refractivity contribution >= 4 is 5.97 Å². The number of hydrogen-bond acceptors (Lipinski definition) is 4. The number of rotatable bonds is 4. The van der Waals surface area contributed by atoms with Gasteiger partial charge in [0.1, 0.15) is 17.1 Å². The van der Waals surface area contributed by atoms with Crippen molar-refractivity contribution in [3.05, 3.63) is 59.4 Å². The molecule has 0 saturated heterocycles. The van der Waals surface area contributed by atoms with Gasteiger partial charge in [-0.2, -0.15) is 9.49 Å². The number of hydrogen-bond donors (Lipinski definition) is 1. The van der Waals surface area contributed by atoms with Gasteiger partial charge in [-0.3, -0.25) is 4.68 Å². The van der Waals surface area contributed by atoms with Crippen molar-refractivity contribution in [1.82, 2.24) is 14.8 Å². The zero-order valence-corrected chi connectivity index (χ0v) is 13.9. The molecule has 2 aromatic heterocycles. The summed E-state index contributed by atoms with van der Waals surface area (Å²) in [6.45, 7) is 3.31. The van der Waals surface area contributed by atoms with E-state index in [1.165, 1.54) is 12.1 Å². The van der Waals surface area contributed by atoms with Gasteiger partial charge in [-0.1, -0.05) is 6.07 Å². The Hall–Kier alpha value is -3.22. The highest BCUT2D eigenvalue weighted by Gasteiger charge is 2.20. The van der Waals surface area contributed by atoms with Crippen molar-refractivity contribution in [3.8, 4) is 22.6 Å². The molecule has 0 radical (unpaired) electrons. The van der Waals surface area contributed by atoms with Crippen molar-refractivity contribution in [2.75, 3.05) is 0 Å². The SMILES string of the molecule is Cc1nc(F)ccc1Oc1ccc(-c2cnn(C)c2)c(C)c1C(=O)O. The molecule has 2 heterocycles. The average Bonchev–Trinajstić information content (AvgIpc) is 2.96. The lowest BCUT2D eigenvalue weighted by atomic mass is 9.97. The molecular weight excluding hydrogens is 325 g/mol. The molecule has 6 nitrogen and oxygen atoms in total. The first-order chi connectivity index (χ1) is 11.9. The van der Waals surface area contributed by atoms with Gasteiger partial charge in [-0.15, -0.1) is 0 Å². The quantitative estimate of drug-likeness (QED) is 0.732. The summed E-state index contributed by atoms with van der Waals surface area (Å²) in [6, 6.07) is 5.95. The summed E-state index contributed by atoms with van der Waals surface area (Å²) in [4.78, 5) is 15.5. The van der Waals surface area contributed by atoms with Crippen LogP contribution in [-0.2, 0) is 7.05 Å². The van der Waals surface area contributed by atoms with E-state index in [0.717, 1.165) is 11.1 Å². The molecule has 0 aliphatic rings. The lowest BCUT2D eigenvalue weighted by Gasteiger charge is -2.14. The standard InChI is InChI=1S/C18H16FN3O3/c1-10-13(12-8-20-22(3)9-12)4-5-15(17(10)18(23)24)25-14-6-7-16(19)21-11(14)2/h4-9H,1-3H3,(H,23,24). The summed E-state index contributed by atoms with van der Waals surface area (Å²) in [5.41, 5.74) is 2.52. The minimum atomic E-state index is -1.11. The van der Waals surface area contributed by atoms with Crippen LogP contribution in [0.15, 0.2) is 36.7 Å². The maximum atomic E-state index is 13.1. The van der Waals surface area contributed by atoms with E-state index in [2.05, 4.69) is 10.1 Å². The Labute approximate surface area is 143 Å². The van der Waals surface area contributed by atoms with E-state index in [0.29, 0.717) is 17.0 Å². The Morgan fingerprint density at radius 2 is 1.92 bits per heavy atom. The van der Waals surface area contributed by atoms with Gasteiger partial charge in [0, 0.05) is 18.8 Å². The van der Waals surface area contributed by atoms with Crippen LogP contribution in [0.1, 0.15) is 21.6 Å². The van der Waals surface area contributed by atoms with E-state index in [9.17, 15) is 14.3 Å². The zero-order chi connectivity index (χ0) is 18.1. The van der Waals surface area contributed by atoms with Crippen LogP contribution in [0.4, 0.5) is 4.39 Å². The third kappa shape index (κ3) is 3.21. The van der Waals surface area contributed by atoms with Gasteiger partial charge in [0.15, 0.2) is 0 Å². The first-order valence-corrected chi connectivity index (χ1v) is 7.53. The summed E-state index contributed by atoms with van der Waals surface area (Å²) >= 11 is 0. The van der Waals surface area contributed by atoms with Crippen molar-refractivity contribution in [2.45, 2.75) is 13.8 Å². The number of carboxylic acids is 1. The molecule has 7 heteroatoms. The van der Waals surface area contributed by atoms with E-state index < -0.39 is 11.9 Å². The molecule has 0 spiro atoms. The average molecular weight is 341 g/mol. The predicted molar refractivity (Wildman–Crippen MR) is 89.3 cm³/mol. The molecule has 0 amide bonds. The smallest absolute Gasteiger partial charge is 0.339 e. The molecule has 0 aliphatic heterocycles. The Morgan fingerprint density at radius 1 is 1.20 bits per heavy atom. The van der Waals surface area contributed by atoms with Crippen molar-refractivity contribution in [3.63, 3.8) is 0 Å². The normalized spacial score (nSPS) is 10.7.